The molecule has 0 fully saturated rings. The van der Waals surface area contributed by atoms with E-state index in [1.54, 1.807) is 0 Å². The Labute approximate surface area is 118 Å². The van der Waals surface area contributed by atoms with Gasteiger partial charge in [-0.3, -0.25) is 10.1 Å². The summed E-state index contributed by atoms with van der Waals surface area (Å²) in [7, 11) is 0. The summed E-state index contributed by atoms with van der Waals surface area (Å²) in [5, 5.41) is 21.5. The van der Waals surface area contributed by atoms with Gasteiger partial charge in [0.1, 0.15) is 23.3 Å². The molecule has 0 saturated heterocycles. The van der Waals surface area contributed by atoms with Crippen molar-refractivity contribution in [3.63, 3.8) is 0 Å². The van der Waals surface area contributed by atoms with Crippen LogP contribution in [0.4, 0.5) is 10.1 Å². The fraction of sp³-hybridized carbons (Fsp3) is 0.0667. The quantitative estimate of drug-likeness (QED) is 0.590. The van der Waals surface area contributed by atoms with Crippen molar-refractivity contribution < 1.29 is 18.8 Å². The van der Waals surface area contributed by atoms with Crippen LogP contribution in [0, 0.1) is 15.9 Å². The lowest BCUT2D eigenvalue weighted by molar-refractivity contribution is -0.384. The van der Waals surface area contributed by atoms with Crippen molar-refractivity contribution in [1.29, 1.82) is 0 Å². The highest BCUT2D eigenvalue weighted by Gasteiger charge is 2.17. The minimum Gasteiger partial charge on any atom is -0.458 e. The molecule has 0 aliphatic carbocycles. The number of aliphatic hydroxyl groups excluding tert-OH is 1. The van der Waals surface area contributed by atoms with E-state index in [1.807, 2.05) is 0 Å². The number of hydrogen-bond acceptors (Lipinski definition) is 4. The second-order valence-electron chi connectivity index (χ2n) is 4.58. The smallest absolute Gasteiger partial charge is 0.270 e. The third-order valence-electron chi connectivity index (χ3n) is 3.19. The molecule has 0 unspecified atom stereocenters. The molecule has 2 aromatic carbocycles. The lowest BCUT2D eigenvalue weighted by atomic mass is 10.1. The molecule has 6 heteroatoms. The molecule has 0 amide bonds. The topological polar surface area (TPSA) is 76.5 Å². The molecule has 5 nitrogen and oxygen atoms in total. The molecule has 0 aliphatic heterocycles. The van der Waals surface area contributed by atoms with Crippen LogP contribution in [0.25, 0.3) is 11.0 Å². The average molecular weight is 287 g/mol. The molecule has 1 atom stereocenters. The third kappa shape index (κ3) is 2.48. The second kappa shape index (κ2) is 4.99. The molecular formula is C15H10FNO4. The normalized spacial score (nSPS) is 12.5. The molecule has 0 spiro atoms. The Morgan fingerprint density at radius 3 is 2.52 bits per heavy atom. The van der Waals surface area contributed by atoms with Gasteiger partial charge in [-0.2, -0.15) is 0 Å². The zero-order chi connectivity index (χ0) is 15.0. The molecule has 0 radical (unpaired) electrons. The standard InChI is InChI=1S/C15H10FNO4/c16-11-3-1-9(2-4-11)15(18)14-8-10-7-12(17(19)20)5-6-13(10)21-14/h1-8,15,18H/t15-/m0/s1. The van der Waals surface area contributed by atoms with Crippen molar-refractivity contribution in [2.75, 3.05) is 0 Å². The van der Waals surface area contributed by atoms with E-state index in [9.17, 15) is 19.6 Å². The maximum Gasteiger partial charge on any atom is 0.270 e. The summed E-state index contributed by atoms with van der Waals surface area (Å²) in [6.45, 7) is 0. The van der Waals surface area contributed by atoms with Crippen molar-refractivity contribution >= 4 is 16.7 Å². The van der Waals surface area contributed by atoms with Crippen molar-refractivity contribution in [1.82, 2.24) is 0 Å². The lowest BCUT2D eigenvalue weighted by Crippen LogP contribution is -1.97. The van der Waals surface area contributed by atoms with E-state index in [2.05, 4.69) is 0 Å². The van der Waals surface area contributed by atoms with Crippen molar-refractivity contribution in [3.8, 4) is 0 Å². The lowest BCUT2D eigenvalue weighted by Gasteiger charge is -2.07. The van der Waals surface area contributed by atoms with Crippen LogP contribution in [-0.4, -0.2) is 10.0 Å². The molecule has 0 aliphatic rings. The molecule has 0 bridgehead atoms. The van der Waals surface area contributed by atoms with Crippen LogP contribution < -0.4 is 0 Å². The molecule has 0 saturated carbocycles. The molecule has 3 aromatic rings. The first-order chi connectivity index (χ1) is 10.0. The van der Waals surface area contributed by atoms with Gasteiger partial charge < -0.3 is 9.52 Å². The largest absolute Gasteiger partial charge is 0.458 e. The van der Waals surface area contributed by atoms with Gasteiger partial charge in [-0.15, -0.1) is 0 Å². The first-order valence-electron chi connectivity index (χ1n) is 6.16. The van der Waals surface area contributed by atoms with Gasteiger partial charge in [0.25, 0.3) is 5.69 Å². The molecule has 21 heavy (non-hydrogen) atoms. The van der Waals surface area contributed by atoms with Gasteiger partial charge in [0, 0.05) is 17.5 Å². The van der Waals surface area contributed by atoms with Gasteiger partial charge in [0.15, 0.2) is 0 Å². The summed E-state index contributed by atoms with van der Waals surface area (Å²) in [4.78, 5) is 10.2. The number of nitro groups is 1. The number of benzene rings is 2. The molecule has 1 N–H and O–H groups in total. The zero-order valence-electron chi connectivity index (χ0n) is 10.7. The van der Waals surface area contributed by atoms with Crippen molar-refractivity contribution in [3.05, 3.63) is 75.8 Å². The Balaban J connectivity index is 2.00. The number of halogens is 1. The van der Waals surface area contributed by atoms with E-state index >= 15 is 0 Å². The Bertz CT molecular complexity index is 810. The third-order valence-corrected chi connectivity index (χ3v) is 3.19. The van der Waals surface area contributed by atoms with Crippen LogP contribution in [0.2, 0.25) is 0 Å². The molecule has 106 valence electrons. The maximum atomic E-state index is 12.9. The number of nitrogens with zero attached hydrogens (tertiary/aromatic N) is 1. The Morgan fingerprint density at radius 2 is 1.86 bits per heavy atom. The van der Waals surface area contributed by atoms with E-state index < -0.39 is 16.8 Å². The Hall–Kier alpha value is -2.73. The highest BCUT2D eigenvalue weighted by atomic mass is 19.1. The van der Waals surface area contributed by atoms with Crippen LogP contribution in [0.1, 0.15) is 17.4 Å². The fourth-order valence-corrected chi connectivity index (χ4v) is 2.11. The van der Waals surface area contributed by atoms with E-state index in [4.69, 9.17) is 4.42 Å². The van der Waals surface area contributed by atoms with Gasteiger partial charge in [-0.05, 0) is 29.8 Å². The Kier molecular flexibility index (Phi) is 3.15. The van der Waals surface area contributed by atoms with Crippen LogP contribution >= 0.6 is 0 Å². The summed E-state index contributed by atoms with van der Waals surface area (Å²) < 4.78 is 18.4. The van der Waals surface area contributed by atoms with Crippen LogP contribution in [0.15, 0.2) is 52.9 Å². The number of hydrogen-bond donors (Lipinski definition) is 1. The van der Waals surface area contributed by atoms with Crippen molar-refractivity contribution in [2.45, 2.75) is 6.10 Å². The van der Waals surface area contributed by atoms with E-state index in [1.165, 1.54) is 48.5 Å². The van der Waals surface area contributed by atoms with Gasteiger partial charge in [-0.1, -0.05) is 12.1 Å². The molecule has 3 rings (SSSR count). The van der Waals surface area contributed by atoms with Crippen molar-refractivity contribution in [2.24, 2.45) is 0 Å². The fourth-order valence-electron chi connectivity index (χ4n) is 2.11. The summed E-state index contributed by atoms with van der Waals surface area (Å²) in [5.41, 5.74) is 0.868. The minimum atomic E-state index is -1.06. The molecule has 1 aromatic heterocycles. The highest BCUT2D eigenvalue weighted by molar-refractivity contribution is 5.80. The molecular weight excluding hydrogens is 277 g/mol. The van der Waals surface area contributed by atoms with Crippen LogP contribution in [-0.2, 0) is 0 Å². The predicted molar refractivity (Wildman–Crippen MR) is 73.3 cm³/mol. The first kappa shape index (κ1) is 13.3. The zero-order valence-corrected chi connectivity index (χ0v) is 10.7. The average Bonchev–Trinajstić information content (AvgIpc) is 2.90. The van der Waals surface area contributed by atoms with Gasteiger partial charge in [0.05, 0.1) is 4.92 Å². The summed E-state index contributed by atoms with van der Waals surface area (Å²) in [6.07, 6.45) is -1.06. The van der Waals surface area contributed by atoms with E-state index in [0.717, 1.165) is 0 Å². The summed E-state index contributed by atoms with van der Waals surface area (Å²) >= 11 is 0. The molecule has 1 heterocycles. The van der Waals surface area contributed by atoms with Crippen LogP contribution in [0.5, 0.6) is 0 Å². The number of rotatable bonds is 3. The highest BCUT2D eigenvalue weighted by Crippen LogP contribution is 2.30. The number of fused-ring (bicyclic) bond motifs is 1. The SMILES string of the molecule is O=[N+]([O-])c1ccc2oc([C@@H](O)c3ccc(F)cc3)cc2c1. The first-order valence-corrected chi connectivity index (χ1v) is 6.16. The minimum absolute atomic E-state index is 0.0499. The monoisotopic (exact) mass is 287 g/mol. The van der Waals surface area contributed by atoms with Gasteiger partial charge in [-0.25, -0.2) is 4.39 Å². The van der Waals surface area contributed by atoms with Gasteiger partial charge >= 0.3 is 0 Å². The Morgan fingerprint density at radius 1 is 1.14 bits per heavy atom. The number of aliphatic hydroxyl groups is 1. The van der Waals surface area contributed by atoms with E-state index in [-0.39, 0.29) is 11.4 Å². The number of nitro benzene ring substituents is 1. The second-order valence-corrected chi connectivity index (χ2v) is 4.58. The number of non-ortho nitro benzene ring substituents is 1. The van der Waals surface area contributed by atoms with E-state index in [0.29, 0.717) is 16.5 Å². The predicted octanol–water partition coefficient (Wildman–Crippen LogP) is 3.56. The maximum absolute atomic E-state index is 12.9. The summed E-state index contributed by atoms with van der Waals surface area (Å²) in [5.74, 6) is -0.150. The van der Waals surface area contributed by atoms with Gasteiger partial charge in [0.2, 0.25) is 0 Å². The van der Waals surface area contributed by atoms with Crippen LogP contribution in [0.3, 0.4) is 0 Å². The number of furan rings is 1. The summed E-state index contributed by atoms with van der Waals surface area (Å²) in [6, 6.07) is 11.1.